The Labute approximate surface area is 146 Å². The zero-order valence-corrected chi connectivity index (χ0v) is 14.8. The largest absolute Gasteiger partial charge is 0.395 e. The highest BCUT2D eigenvalue weighted by Crippen LogP contribution is 2.22. The average molecular weight is 345 g/mol. The van der Waals surface area contributed by atoms with Crippen molar-refractivity contribution in [2.24, 2.45) is 0 Å². The fourth-order valence-electron chi connectivity index (χ4n) is 2.94. The maximum Gasteiger partial charge on any atom is 0.227 e. The number of thiazole rings is 1. The number of carbonyl (C=O) groups is 1. The summed E-state index contributed by atoms with van der Waals surface area (Å²) in [6.07, 6.45) is 0.441. The molecule has 1 amide bonds. The van der Waals surface area contributed by atoms with Crippen LogP contribution in [0.2, 0.25) is 0 Å². The van der Waals surface area contributed by atoms with E-state index in [1.165, 1.54) is 0 Å². The molecule has 1 aliphatic rings. The Balaban J connectivity index is 1.55. The van der Waals surface area contributed by atoms with Crippen LogP contribution in [0.4, 0.5) is 0 Å². The molecule has 1 N–H and O–H groups in total. The van der Waals surface area contributed by atoms with Crippen molar-refractivity contribution < 1.29 is 9.90 Å². The number of piperazine rings is 1. The molecule has 0 atom stereocenters. The SMILES string of the molecule is Cc1nc(-c2ccc(CC(=O)N3CCN(CCO)CC3)cc2)cs1. The molecule has 0 bridgehead atoms. The highest BCUT2D eigenvalue weighted by atomic mass is 32.1. The molecule has 0 unspecified atom stereocenters. The molecule has 128 valence electrons. The highest BCUT2D eigenvalue weighted by Gasteiger charge is 2.20. The summed E-state index contributed by atoms with van der Waals surface area (Å²) < 4.78 is 0. The Hall–Kier alpha value is -1.76. The van der Waals surface area contributed by atoms with Crippen LogP contribution in [-0.2, 0) is 11.2 Å². The lowest BCUT2D eigenvalue weighted by Crippen LogP contribution is -2.49. The van der Waals surface area contributed by atoms with Gasteiger partial charge in [-0.25, -0.2) is 4.98 Å². The summed E-state index contributed by atoms with van der Waals surface area (Å²) in [5.41, 5.74) is 3.12. The van der Waals surface area contributed by atoms with Gasteiger partial charge in [-0.05, 0) is 12.5 Å². The summed E-state index contributed by atoms with van der Waals surface area (Å²) >= 11 is 1.64. The molecule has 0 spiro atoms. The van der Waals surface area contributed by atoms with Gasteiger partial charge in [0, 0.05) is 43.7 Å². The van der Waals surface area contributed by atoms with Crippen LogP contribution in [0.5, 0.6) is 0 Å². The lowest BCUT2D eigenvalue weighted by molar-refractivity contribution is -0.132. The van der Waals surface area contributed by atoms with Gasteiger partial charge in [0.25, 0.3) is 0 Å². The number of β-amino-alcohol motifs (C(OH)–C–C–N with tert-alkyl or cyclic N) is 1. The minimum atomic E-state index is 0.177. The number of aliphatic hydroxyl groups excluding tert-OH is 1. The Morgan fingerprint density at radius 2 is 1.92 bits per heavy atom. The predicted octanol–water partition coefficient (Wildman–Crippen LogP) is 1.80. The summed E-state index contributed by atoms with van der Waals surface area (Å²) in [6, 6.07) is 8.11. The summed E-state index contributed by atoms with van der Waals surface area (Å²) in [7, 11) is 0. The second-order valence-corrected chi connectivity index (χ2v) is 7.13. The molecule has 5 nitrogen and oxygen atoms in total. The maximum atomic E-state index is 12.4. The monoisotopic (exact) mass is 345 g/mol. The minimum absolute atomic E-state index is 0.177. The van der Waals surface area contributed by atoms with Gasteiger partial charge in [-0.3, -0.25) is 9.69 Å². The first-order chi connectivity index (χ1) is 11.7. The Morgan fingerprint density at radius 1 is 1.21 bits per heavy atom. The first kappa shape index (κ1) is 17.1. The molecule has 6 heteroatoms. The fraction of sp³-hybridized carbons (Fsp3) is 0.444. The van der Waals surface area contributed by atoms with Crippen molar-refractivity contribution in [3.8, 4) is 11.3 Å². The molecule has 24 heavy (non-hydrogen) atoms. The standard InChI is InChI=1S/C18H23N3O2S/c1-14-19-17(13-24-14)16-4-2-15(3-5-16)12-18(23)21-8-6-20(7-9-21)10-11-22/h2-5,13,22H,6-12H2,1H3. The second-order valence-electron chi connectivity index (χ2n) is 6.07. The molecule has 0 saturated carbocycles. The number of aryl methyl sites for hydroxylation is 1. The van der Waals surface area contributed by atoms with Crippen LogP contribution in [0.1, 0.15) is 10.6 Å². The molecule has 1 fully saturated rings. The average Bonchev–Trinajstić information content (AvgIpc) is 3.03. The van der Waals surface area contributed by atoms with Gasteiger partial charge in [0.05, 0.1) is 23.7 Å². The number of rotatable bonds is 5. The van der Waals surface area contributed by atoms with Crippen LogP contribution in [-0.4, -0.2) is 65.1 Å². The van der Waals surface area contributed by atoms with E-state index in [2.05, 4.69) is 15.3 Å². The van der Waals surface area contributed by atoms with Crippen molar-refractivity contribution in [1.29, 1.82) is 0 Å². The number of amides is 1. The van der Waals surface area contributed by atoms with Crippen LogP contribution in [0, 0.1) is 6.92 Å². The van der Waals surface area contributed by atoms with Crippen molar-refractivity contribution in [3.05, 3.63) is 40.2 Å². The third-order valence-electron chi connectivity index (χ3n) is 4.37. The number of carbonyl (C=O) groups excluding carboxylic acids is 1. The van der Waals surface area contributed by atoms with Crippen molar-refractivity contribution in [2.45, 2.75) is 13.3 Å². The molecular formula is C18H23N3O2S. The van der Waals surface area contributed by atoms with Crippen LogP contribution < -0.4 is 0 Å². The molecule has 0 radical (unpaired) electrons. The topological polar surface area (TPSA) is 56.7 Å². The first-order valence-corrected chi connectivity index (χ1v) is 9.16. The predicted molar refractivity (Wildman–Crippen MR) is 96.1 cm³/mol. The summed E-state index contributed by atoms with van der Waals surface area (Å²) in [6.45, 7) is 6.05. The van der Waals surface area contributed by atoms with Crippen LogP contribution in [0.25, 0.3) is 11.3 Å². The van der Waals surface area contributed by atoms with E-state index in [-0.39, 0.29) is 12.5 Å². The number of nitrogens with zero attached hydrogens (tertiary/aromatic N) is 3. The van der Waals surface area contributed by atoms with Gasteiger partial charge in [0.15, 0.2) is 0 Å². The van der Waals surface area contributed by atoms with E-state index in [0.717, 1.165) is 48.0 Å². The van der Waals surface area contributed by atoms with Gasteiger partial charge in [-0.2, -0.15) is 0 Å². The molecule has 2 heterocycles. The smallest absolute Gasteiger partial charge is 0.227 e. The second kappa shape index (κ2) is 7.88. The number of hydrogen-bond acceptors (Lipinski definition) is 5. The van der Waals surface area contributed by atoms with Gasteiger partial charge in [-0.15, -0.1) is 11.3 Å². The molecule has 0 aliphatic carbocycles. The normalized spacial score (nSPS) is 15.7. The van der Waals surface area contributed by atoms with E-state index in [1.807, 2.05) is 36.1 Å². The lowest BCUT2D eigenvalue weighted by Gasteiger charge is -2.34. The number of aromatic nitrogens is 1. The van der Waals surface area contributed by atoms with E-state index in [9.17, 15) is 4.79 Å². The quantitative estimate of drug-likeness (QED) is 0.898. The third kappa shape index (κ3) is 4.20. The lowest BCUT2D eigenvalue weighted by atomic mass is 10.1. The maximum absolute atomic E-state index is 12.4. The van der Waals surface area contributed by atoms with Crippen molar-refractivity contribution >= 4 is 17.2 Å². The van der Waals surface area contributed by atoms with E-state index in [0.29, 0.717) is 13.0 Å². The summed E-state index contributed by atoms with van der Waals surface area (Å²) in [5, 5.41) is 12.1. The summed E-state index contributed by atoms with van der Waals surface area (Å²) in [4.78, 5) is 21.0. The van der Waals surface area contributed by atoms with Gasteiger partial charge in [-0.1, -0.05) is 24.3 Å². The minimum Gasteiger partial charge on any atom is -0.395 e. The van der Waals surface area contributed by atoms with E-state index in [1.54, 1.807) is 11.3 Å². The van der Waals surface area contributed by atoms with E-state index < -0.39 is 0 Å². The molecule has 1 saturated heterocycles. The number of benzene rings is 1. The van der Waals surface area contributed by atoms with Crippen molar-refractivity contribution in [2.75, 3.05) is 39.3 Å². The van der Waals surface area contributed by atoms with Gasteiger partial charge in [0.2, 0.25) is 5.91 Å². The zero-order chi connectivity index (χ0) is 16.9. The van der Waals surface area contributed by atoms with Crippen LogP contribution in [0.3, 0.4) is 0 Å². The summed E-state index contributed by atoms with van der Waals surface area (Å²) in [5.74, 6) is 0.177. The van der Waals surface area contributed by atoms with E-state index >= 15 is 0 Å². The van der Waals surface area contributed by atoms with Crippen LogP contribution in [0.15, 0.2) is 29.6 Å². The molecule has 1 aromatic heterocycles. The number of aliphatic hydroxyl groups is 1. The van der Waals surface area contributed by atoms with Gasteiger partial charge in [0.1, 0.15) is 0 Å². The van der Waals surface area contributed by atoms with Gasteiger partial charge >= 0.3 is 0 Å². The van der Waals surface area contributed by atoms with Crippen molar-refractivity contribution in [3.63, 3.8) is 0 Å². The Kier molecular flexibility index (Phi) is 5.60. The fourth-order valence-corrected chi connectivity index (χ4v) is 3.56. The van der Waals surface area contributed by atoms with Crippen LogP contribution >= 0.6 is 11.3 Å². The molecule has 1 aromatic carbocycles. The molecular weight excluding hydrogens is 322 g/mol. The Morgan fingerprint density at radius 3 is 2.50 bits per heavy atom. The molecule has 2 aromatic rings. The van der Waals surface area contributed by atoms with E-state index in [4.69, 9.17) is 5.11 Å². The zero-order valence-electron chi connectivity index (χ0n) is 13.9. The molecule has 3 rings (SSSR count). The van der Waals surface area contributed by atoms with Crippen molar-refractivity contribution in [1.82, 2.24) is 14.8 Å². The third-order valence-corrected chi connectivity index (χ3v) is 5.14. The molecule has 1 aliphatic heterocycles. The van der Waals surface area contributed by atoms with Gasteiger partial charge < -0.3 is 10.0 Å². The highest BCUT2D eigenvalue weighted by molar-refractivity contribution is 7.09. The Bertz CT molecular complexity index is 676. The first-order valence-electron chi connectivity index (χ1n) is 8.28. The number of hydrogen-bond donors (Lipinski definition) is 1.